The Kier molecular flexibility index (Phi) is 6.15. The summed E-state index contributed by atoms with van der Waals surface area (Å²) in [6, 6.07) is 25.6. The van der Waals surface area contributed by atoms with Gasteiger partial charge in [0.05, 0.1) is 23.2 Å². The topological polar surface area (TPSA) is 43.6 Å². The number of benzene rings is 3. The number of nitrogens with zero attached hydrogens (tertiary/aromatic N) is 2. The Hall–Kier alpha value is -2.71. The van der Waals surface area contributed by atoms with Crippen LogP contribution in [0, 0.1) is 3.57 Å². The number of hydrogen-bond acceptors (Lipinski definition) is 3. The second-order valence-electron chi connectivity index (χ2n) is 6.61. The molecular formula is C24H19IN2O2S. The molecule has 0 atom stereocenters. The molecule has 0 spiro atoms. The molecule has 0 aliphatic heterocycles. The molecule has 0 saturated heterocycles. The molecule has 1 heterocycles. The number of carbonyl (C=O) groups is 1. The predicted octanol–water partition coefficient (Wildman–Crippen LogP) is 5.77. The SMILES string of the molecule is COc1ccc(-c2c(-c3ccccc3)sc(=NC(=O)c3ccccc3I)n2C)cc1. The van der Waals surface area contributed by atoms with Crippen LogP contribution in [0.15, 0.2) is 83.9 Å². The Morgan fingerprint density at radius 2 is 1.60 bits per heavy atom. The lowest BCUT2D eigenvalue weighted by Gasteiger charge is -2.08. The van der Waals surface area contributed by atoms with Crippen LogP contribution >= 0.6 is 33.9 Å². The van der Waals surface area contributed by atoms with Gasteiger partial charge in [-0.1, -0.05) is 53.8 Å². The largest absolute Gasteiger partial charge is 0.497 e. The van der Waals surface area contributed by atoms with Crippen LogP contribution in [0.5, 0.6) is 5.75 Å². The summed E-state index contributed by atoms with van der Waals surface area (Å²) in [5, 5.41) is 0. The Morgan fingerprint density at radius 1 is 0.933 bits per heavy atom. The molecule has 1 amide bonds. The summed E-state index contributed by atoms with van der Waals surface area (Å²) in [4.78, 5) is 19.1. The van der Waals surface area contributed by atoms with Gasteiger partial charge in [-0.15, -0.1) is 0 Å². The summed E-state index contributed by atoms with van der Waals surface area (Å²) in [7, 11) is 3.60. The van der Waals surface area contributed by atoms with Gasteiger partial charge in [-0.05, 0) is 70.1 Å². The molecule has 6 heteroatoms. The zero-order chi connectivity index (χ0) is 21.1. The molecule has 0 unspecified atom stereocenters. The third-order valence-electron chi connectivity index (χ3n) is 4.73. The van der Waals surface area contributed by atoms with Crippen LogP contribution in [0.4, 0.5) is 0 Å². The fourth-order valence-corrected chi connectivity index (χ4v) is 4.96. The van der Waals surface area contributed by atoms with E-state index in [1.165, 1.54) is 11.3 Å². The number of thiazole rings is 1. The van der Waals surface area contributed by atoms with Crippen molar-refractivity contribution in [3.63, 3.8) is 0 Å². The maximum absolute atomic E-state index is 12.9. The second kappa shape index (κ2) is 8.97. The molecule has 4 rings (SSSR count). The first-order valence-electron chi connectivity index (χ1n) is 9.31. The molecule has 0 aliphatic carbocycles. The van der Waals surface area contributed by atoms with E-state index < -0.39 is 0 Å². The molecule has 0 aliphatic rings. The van der Waals surface area contributed by atoms with Gasteiger partial charge in [-0.2, -0.15) is 4.99 Å². The molecule has 0 radical (unpaired) electrons. The summed E-state index contributed by atoms with van der Waals surface area (Å²) in [5.74, 6) is 0.564. The molecule has 150 valence electrons. The van der Waals surface area contributed by atoms with E-state index in [0.717, 1.165) is 31.0 Å². The number of aromatic nitrogens is 1. The van der Waals surface area contributed by atoms with E-state index in [4.69, 9.17) is 4.74 Å². The van der Waals surface area contributed by atoms with Crippen molar-refractivity contribution >= 4 is 39.8 Å². The maximum atomic E-state index is 12.9. The van der Waals surface area contributed by atoms with Gasteiger partial charge in [-0.25, -0.2) is 0 Å². The van der Waals surface area contributed by atoms with Crippen molar-refractivity contribution in [3.05, 3.63) is 92.8 Å². The summed E-state index contributed by atoms with van der Waals surface area (Å²) in [5.41, 5.74) is 3.76. The van der Waals surface area contributed by atoms with Crippen LogP contribution in [0.3, 0.4) is 0 Å². The molecule has 0 saturated carbocycles. The van der Waals surface area contributed by atoms with Crippen molar-refractivity contribution in [2.75, 3.05) is 7.11 Å². The zero-order valence-corrected chi connectivity index (χ0v) is 19.5. The summed E-state index contributed by atoms with van der Waals surface area (Å²) >= 11 is 3.68. The fraction of sp³-hybridized carbons (Fsp3) is 0.0833. The van der Waals surface area contributed by atoms with Gasteiger partial charge in [0, 0.05) is 10.6 Å². The fourth-order valence-electron chi connectivity index (χ4n) is 3.19. The number of halogens is 1. The van der Waals surface area contributed by atoms with Gasteiger partial charge in [-0.3, -0.25) is 4.79 Å². The number of ether oxygens (including phenoxy) is 1. The highest BCUT2D eigenvalue weighted by atomic mass is 127. The van der Waals surface area contributed by atoms with E-state index in [0.29, 0.717) is 10.4 Å². The molecule has 30 heavy (non-hydrogen) atoms. The standard InChI is InChI=1S/C24H19IN2O2S/c1-27-21(16-12-14-18(29-2)15-13-16)22(17-8-4-3-5-9-17)30-24(27)26-23(28)19-10-6-7-11-20(19)25/h3-15H,1-2H3. The lowest BCUT2D eigenvalue weighted by Crippen LogP contribution is -2.14. The normalized spacial score (nSPS) is 11.5. The van der Waals surface area contributed by atoms with Gasteiger partial charge in [0.2, 0.25) is 0 Å². The summed E-state index contributed by atoms with van der Waals surface area (Å²) in [6.07, 6.45) is 0. The van der Waals surface area contributed by atoms with Crippen molar-refractivity contribution in [1.29, 1.82) is 0 Å². The smallest absolute Gasteiger partial charge is 0.280 e. The van der Waals surface area contributed by atoms with Crippen molar-refractivity contribution < 1.29 is 9.53 Å². The first-order chi connectivity index (χ1) is 14.6. The van der Waals surface area contributed by atoms with Crippen molar-refractivity contribution in [1.82, 2.24) is 4.57 Å². The summed E-state index contributed by atoms with van der Waals surface area (Å²) < 4.78 is 8.18. The van der Waals surface area contributed by atoms with Gasteiger partial charge in [0.1, 0.15) is 5.75 Å². The van der Waals surface area contributed by atoms with Crippen LogP contribution in [0.1, 0.15) is 10.4 Å². The van der Waals surface area contributed by atoms with Gasteiger partial charge in [0.15, 0.2) is 4.80 Å². The van der Waals surface area contributed by atoms with E-state index >= 15 is 0 Å². The second-order valence-corrected chi connectivity index (χ2v) is 8.75. The van der Waals surface area contributed by atoms with Crippen molar-refractivity contribution in [2.45, 2.75) is 0 Å². The number of amides is 1. The molecule has 1 aromatic heterocycles. The van der Waals surface area contributed by atoms with E-state index in [9.17, 15) is 4.79 Å². The van der Waals surface area contributed by atoms with E-state index in [-0.39, 0.29) is 5.91 Å². The number of methoxy groups -OCH3 is 1. The third kappa shape index (κ3) is 4.11. The Labute approximate surface area is 192 Å². The minimum absolute atomic E-state index is 0.238. The minimum Gasteiger partial charge on any atom is -0.497 e. The van der Waals surface area contributed by atoms with Crippen LogP contribution < -0.4 is 9.54 Å². The number of hydrogen-bond donors (Lipinski definition) is 0. The van der Waals surface area contributed by atoms with Crippen LogP contribution in [0.25, 0.3) is 21.7 Å². The van der Waals surface area contributed by atoms with Crippen LogP contribution in [-0.2, 0) is 7.05 Å². The van der Waals surface area contributed by atoms with Crippen LogP contribution in [-0.4, -0.2) is 17.6 Å². The molecule has 4 nitrogen and oxygen atoms in total. The number of rotatable bonds is 4. The minimum atomic E-state index is -0.238. The van der Waals surface area contributed by atoms with Crippen molar-refractivity contribution in [3.8, 4) is 27.4 Å². The highest BCUT2D eigenvalue weighted by Crippen LogP contribution is 2.34. The average Bonchev–Trinajstić information content (AvgIpc) is 3.10. The highest BCUT2D eigenvalue weighted by molar-refractivity contribution is 14.1. The van der Waals surface area contributed by atoms with E-state index in [1.54, 1.807) is 7.11 Å². The number of carbonyl (C=O) groups excluding carboxylic acids is 1. The Balaban J connectivity index is 1.90. The molecule has 3 aromatic carbocycles. The van der Waals surface area contributed by atoms with E-state index in [1.807, 2.05) is 78.3 Å². The third-order valence-corrected chi connectivity index (χ3v) is 6.85. The Bertz CT molecular complexity index is 1260. The van der Waals surface area contributed by atoms with Crippen molar-refractivity contribution in [2.24, 2.45) is 12.0 Å². The molecule has 0 bridgehead atoms. The molecule has 4 aromatic rings. The molecule has 0 fully saturated rings. The predicted molar refractivity (Wildman–Crippen MR) is 130 cm³/mol. The monoisotopic (exact) mass is 526 g/mol. The molecule has 0 N–H and O–H groups in total. The van der Waals surface area contributed by atoms with E-state index in [2.05, 4.69) is 39.7 Å². The van der Waals surface area contributed by atoms with Gasteiger partial charge >= 0.3 is 0 Å². The average molecular weight is 526 g/mol. The highest BCUT2D eigenvalue weighted by Gasteiger charge is 2.17. The Morgan fingerprint density at radius 3 is 2.27 bits per heavy atom. The van der Waals surface area contributed by atoms with Gasteiger partial charge in [0.25, 0.3) is 5.91 Å². The lowest BCUT2D eigenvalue weighted by molar-refractivity contribution is 0.0997. The maximum Gasteiger partial charge on any atom is 0.280 e. The first-order valence-corrected chi connectivity index (χ1v) is 11.2. The zero-order valence-electron chi connectivity index (χ0n) is 16.5. The lowest BCUT2D eigenvalue weighted by atomic mass is 10.1. The summed E-state index contributed by atoms with van der Waals surface area (Å²) in [6.45, 7) is 0. The quantitative estimate of drug-likeness (QED) is 0.317. The van der Waals surface area contributed by atoms with Crippen LogP contribution in [0.2, 0.25) is 0 Å². The first kappa shape index (κ1) is 20.6. The van der Waals surface area contributed by atoms with Gasteiger partial charge < -0.3 is 9.30 Å². The molecular weight excluding hydrogens is 507 g/mol.